The van der Waals surface area contributed by atoms with Gasteiger partial charge in [-0.05, 0) is 41.4 Å². The van der Waals surface area contributed by atoms with Crippen LogP contribution in [-0.2, 0) is 37.6 Å². The fourth-order valence-corrected chi connectivity index (χ4v) is 5.87. The number of carbonyl (C=O) groups excluding carboxylic acids is 5. The number of ketones is 4. The van der Waals surface area contributed by atoms with Gasteiger partial charge in [0.1, 0.15) is 5.75 Å². The lowest BCUT2D eigenvalue weighted by Gasteiger charge is -2.48. The molecule has 3 aliphatic carbocycles. The molecule has 0 saturated heterocycles. The first kappa shape index (κ1) is 23.3. The molecule has 0 radical (unpaired) electrons. The van der Waals surface area contributed by atoms with Crippen molar-refractivity contribution >= 4 is 29.0 Å². The monoisotopic (exact) mass is 456 g/mol. The molecule has 0 aromatic heterocycles. The summed E-state index contributed by atoms with van der Waals surface area (Å²) in [4.78, 5) is 64.2. The van der Waals surface area contributed by atoms with Gasteiger partial charge in [0.15, 0.2) is 34.7 Å². The predicted octanol–water partition coefficient (Wildman–Crippen LogP) is 0.0831. The van der Waals surface area contributed by atoms with Gasteiger partial charge < -0.3 is 21.7 Å². The van der Waals surface area contributed by atoms with E-state index in [9.17, 15) is 34.2 Å². The highest BCUT2D eigenvalue weighted by atomic mass is 16.3. The topological polar surface area (TPSA) is 178 Å². The maximum Gasteiger partial charge on any atom is 0.235 e. The van der Waals surface area contributed by atoms with Crippen LogP contribution in [0.3, 0.4) is 0 Å². The van der Waals surface area contributed by atoms with Gasteiger partial charge in [0, 0.05) is 24.4 Å². The third-order valence-electron chi connectivity index (χ3n) is 7.52. The van der Waals surface area contributed by atoms with Crippen LogP contribution in [0.15, 0.2) is 6.07 Å². The van der Waals surface area contributed by atoms with Gasteiger partial charge >= 0.3 is 0 Å². The molecule has 9 nitrogen and oxygen atoms in total. The Labute approximate surface area is 190 Å². The van der Waals surface area contributed by atoms with Crippen LogP contribution in [0.1, 0.15) is 60.7 Å². The first-order valence-corrected chi connectivity index (χ1v) is 11.0. The summed E-state index contributed by atoms with van der Waals surface area (Å²) in [5.41, 5.74) is 9.70. The van der Waals surface area contributed by atoms with Crippen molar-refractivity contribution in [1.82, 2.24) is 0 Å². The summed E-state index contributed by atoms with van der Waals surface area (Å²) >= 11 is 0. The maximum atomic E-state index is 13.6. The number of amides is 1. The fourth-order valence-electron chi connectivity index (χ4n) is 5.87. The van der Waals surface area contributed by atoms with E-state index in [1.807, 2.05) is 20.8 Å². The molecule has 0 heterocycles. The molecule has 6 N–H and O–H groups in total. The normalized spacial score (nSPS) is 31.7. The second-order valence-corrected chi connectivity index (χ2v) is 10.5. The predicted molar refractivity (Wildman–Crippen MR) is 115 cm³/mol. The fraction of sp³-hybridized carbons (Fsp3) is 0.542. The molecule has 2 fully saturated rings. The van der Waals surface area contributed by atoms with Gasteiger partial charge in [-0.15, -0.1) is 0 Å². The number of nitrogens with two attached hydrogens (primary N) is 2. The standard InChI is InChI=1S/C24H28N2O7/c1-23(2,3)13-6-10(8-25)12-5-9-4-11-7-14(27)17(22(26)32)21(31)24(11,33)20(30)15(9)19(29)16(12)18(13)28/h6,9,11,15,17,28,33H,4-5,7-8,25H2,1-3H3,(H2,26,32)/t9-,11+,15?,17?,24+/m1/s1. The van der Waals surface area contributed by atoms with Crippen molar-refractivity contribution < 1.29 is 34.2 Å². The number of aliphatic hydroxyl groups is 1. The molecular formula is C24H28N2O7. The molecule has 2 unspecified atom stereocenters. The molecule has 1 aromatic rings. The average Bonchev–Trinajstić information content (AvgIpc) is 2.69. The lowest BCUT2D eigenvalue weighted by molar-refractivity contribution is -0.175. The summed E-state index contributed by atoms with van der Waals surface area (Å²) in [6.45, 7) is 5.72. The zero-order valence-electron chi connectivity index (χ0n) is 18.8. The highest BCUT2D eigenvalue weighted by Crippen LogP contribution is 2.51. The molecule has 0 aliphatic heterocycles. The van der Waals surface area contributed by atoms with Crippen molar-refractivity contribution in [3.8, 4) is 5.75 Å². The Morgan fingerprint density at radius 2 is 1.79 bits per heavy atom. The van der Waals surface area contributed by atoms with Gasteiger partial charge in [-0.25, -0.2) is 0 Å². The average molecular weight is 456 g/mol. The van der Waals surface area contributed by atoms with E-state index in [1.54, 1.807) is 6.07 Å². The van der Waals surface area contributed by atoms with Crippen LogP contribution in [0.4, 0.5) is 0 Å². The number of rotatable bonds is 2. The molecule has 2 saturated carbocycles. The highest BCUT2D eigenvalue weighted by molar-refractivity contribution is 6.31. The van der Waals surface area contributed by atoms with Crippen molar-refractivity contribution in [1.29, 1.82) is 0 Å². The number of benzene rings is 1. The van der Waals surface area contributed by atoms with Crippen molar-refractivity contribution in [3.63, 3.8) is 0 Å². The summed E-state index contributed by atoms with van der Waals surface area (Å²) in [5.74, 6) is -10.1. The number of phenols is 1. The highest BCUT2D eigenvalue weighted by Gasteiger charge is 2.66. The SMILES string of the molecule is CC(C)(C)c1cc(CN)c2c(c1O)C(=O)C1C(=O)[C@]3(O)C(=O)C(C(N)=O)C(=O)C[C@@H]3C[C@@H]1C2. The molecule has 0 spiro atoms. The molecule has 33 heavy (non-hydrogen) atoms. The summed E-state index contributed by atoms with van der Waals surface area (Å²) in [5, 5.41) is 22.3. The van der Waals surface area contributed by atoms with Crippen molar-refractivity contribution in [3.05, 3.63) is 28.3 Å². The summed E-state index contributed by atoms with van der Waals surface area (Å²) in [7, 11) is 0. The van der Waals surface area contributed by atoms with E-state index in [-0.39, 0.29) is 37.1 Å². The number of hydrogen-bond acceptors (Lipinski definition) is 8. The molecule has 1 amide bonds. The summed E-state index contributed by atoms with van der Waals surface area (Å²) < 4.78 is 0. The molecule has 0 bridgehead atoms. The number of fused-ring (bicyclic) bond motifs is 3. The molecule has 4 rings (SSSR count). The third kappa shape index (κ3) is 3.09. The van der Waals surface area contributed by atoms with E-state index in [4.69, 9.17) is 11.5 Å². The van der Waals surface area contributed by atoms with Gasteiger partial charge in [-0.1, -0.05) is 20.8 Å². The first-order valence-electron chi connectivity index (χ1n) is 11.0. The largest absolute Gasteiger partial charge is 0.507 e. The number of carbonyl (C=O) groups is 5. The first-order chi connectivity index (χ1) is 15.2. The van der Waals surface area contributed by atoms with Gasteiger partial charge in [-0.2, -0.15) is 0 Å². The van der Waals surface area contributed by atoms with Gasteiger partial charge in [-0.3, -0.25) is 24.0 Å². The van der Waals surface area contributed by atoms with Gasteiger partial charge in [0.25, 0.3) is 0 Å². The minimum Gasteiger partial charge on any atom is -0.507 e. The minimum absolute atomic E-state index is 0.00897. The van der Waals surface area contributed by atoms with Crippen LogP contribution in [0.25, 0.3) is 0 Å². The number of Topliss-reactive ketones (excluding diaryl/α,β-unsaturated/α-hetero) is 4. The number of hydrogen-bond donors (Lipinski definition) is 4. The molecule has 5 atom stereocenters. The number of aromatic hydroxyl groups is 1. The van der Waals surface area contributed by atoms with Crippen LogP contribution in [0.5, 0.6) is 5.75 Å². The van der Waals surface area contributed by atoms with Crippen LogP contribution in [0.2, 0.25) is 0 Å². The van der Waals surface area contributed by atoms with Crippen LogP contribution >= 0.6 is 0 Å². The lowest BCUT2D eigenvalue weighted by Crippen LogP contribution is -2.68. The molecule has 176 valence electrons. The number of primary amides is 1. The Balaban J connectivity index is 1.86. The van der Waals surface area contributed by atoms with E-state index in [0.29, 0.717) is 16.7 Å². The van der Waals surface area contributed by atoms with Crippen molar-refractivity contribution in [2.24, 2.45) is 35.1 Å². The van der Waals surface area contributed by atoms with Crippen molar-refractivity contribution in [2.75, 3.05) is 0 Å². The van der Waals surface area contributed by atoms with Gasteiger partial charge in [0.2, 0.25) is 5.91 Å². The lowest BCUT2D eigenvalue weighted by atomic mass is 9.53. The Morgan fingerprint density at radius 1 is 1.15 bits per heavy atom. The molecular weight excluding hydrogens is 428 g/mol. The second kappa shape index (κ2) is 7.30. The molecule has 1 aromatic carbocycles. The third-order valence-corrected chi connectivity index (χ3v) is 7.52. The van der Waals surface area contributed by atoms with E-state index < -0.39 is 63.7 Å². The van der Waals surface area contributed by atoms with Crippen LogP contribution < -0.4 is 11.5 Å². The smallest absolute Gasteiger partial charge is 0.235 e. The summed E-state index contributed by atoms with van der Waals surface area (Å²) in [6.07, 6.45) is -0.0626. The van der Waals surface area contributed by atoms with Gasteiger partial charge in [0.05, 0.1) is 11.5 Å². The van der Waals surface area contributed by atoms with E-state index >= 15 is 0 Å². The number of phenolic OH excluding ortho intramolecular Hbond substituents is 1. The van der Waals surface area contributed by atoms with E-state index in [2.05, 4.69) is 0 Å². The Kier molecular flexibility index (Phi) is 5.14. The minimum atomic E-state index is -2.64. The quantitative estimate of drug-likeness (QED) is 0.452. The summed E-state index contributed by atoms with van der Waals surface area (Å²) in [6, 6.07) is 1.77. The van der Waals surface area contributed by atoms with Crippen LogP contribution in [-0.4, -0.2) is 44.9 Å². The Hall–Kier alpha value is -2.91. The zero-order valence-corrected chi connectivity index (χ0v) is 18.8. The molecule has 9 heteroatoms. The van der Waals surface area contributed by atoms with Crippen LogP contribution in [0, 0.1) is 23.7 Å². The molecule has 3 aliphatic rings. The Bertz CT molecular complexity index is 1130. The van der Waals surface area contributed by atoms with E-state index in [1.165, 1.54) is 0 Å². The Morgan fingerprint density at radius 3 is 2.33 bits per heavy atom. The zero-order chi connectivity index (χ0) is 24.6. The van der Waals surface area contributed by atoms with Crippen molar-refractivity contribution in [2.45, 2.75) is 57.6 Å². The van der Waals surface area contributed by atoms with E-state index in [0.717, 1.165) is 0 Å². The maximum absolute atomic E-state index is 13.6. The second-order valence-electron chi connectivity index (χ2n) is 10.5.